The fourth-order valence-corrected chi connectivity index (χ4v) is 0.880. The number of aryl methyl sites for hydroxylation is 1. The lowest BCUT2D eigenvalue weighted by molar-refractivity contribution is -0.146. The lowest BCUT2D eigenvalue weighted by Gasteiger charge is -1.93. The van der Waals surface area contributed by atoms with E-state index >= 15 is 0 Å². The molecule has 0 fully saturated rings. The highest BCUT2D eigenvalue weighted by atomic mass is 16.4. The van der Waals surface area contributed by atoms with Crippen molar-refractivity contribution in [2.24, 2.45) is 7.05 Å². The fourth-order valence-electron chi connectivity index (χ4n) is 0.880. The molecule has 0 spiro atoms. The zero-order chi connectivity index (χ0) is 9.84. The minimum absolute atomic E-state index is 0.787. The van der Waals surface area contributed by atoms with Gasteiger partial charge in [-0.05, 0) is 24.3 Å². The maximum atomic E-state index is 10.7. The van der Waals surface area contributed by atoms with Gasteiger partial charge in [0, 0.05) is 18.9 Å². The third-order valence-electron chi connectivity index (χ3n) is 1.60. The number of carbonyl (C=O) groups is 2. The highest BCUT2D eigenvalue weighted by Gasteiger charge is 2.05. The molecule has 68 valence electrons. The molecule has 0 saturated heterocycles. The number of hydrogen-bond acceptors (Lipinski definition) is 2. The summed E-state index contributed by atoms with van der Waals surface area (Å²) in [5.41, 5.74) is 0.787. The lowest BCUT2D eigenvalue weighted by Crippen LogP contribution is -2.08. The van der Waals surface area contributed by atoms with Gasteiger partial charge in [0.15, 0.2) is 0 Å². The molecule has 1 rings (SSSR count). The molecular weight excluding hydrogens is 170 g/mol. The third kappa shape index (κ3) is 2.30. The van der Waals surface area contributed by atoms with Crippen LogP contribution in [0.4, 0.5) is 0 Å². The van der Waals surface area contributed by atoms with Crippen LogP contribution in [0, 0.1) is 0 Å². The maximum Gasteiger partial charge on any atom is 0.376 e. The van der Waals surface area contributed by atoms with Gasteiger partial charge in [-0.15, -0.1) is 0 Å². The Morgan fingerprint density at radius 1 is 1.54 bits per heavy atom. The molecule has 4 heteroatoms. The van der Waals surface area contributed by atoms with E-state index in [1.54, 1.807) is 10.6 Å². The SMILES string of the molecule is Cn1cccc1/C=C/C(=O)C(=O)O. The highest BCUT2D eigenvalue weighted by molar-refractivity contribution is 6.38. The van der Waals surface area contributed by atoms with Gasteiger partial charge in [0.2, 0.25) is 0 Å². The van der Waals surface area contributed by atoms with E-state index in [1.165, 1.54) is 6.08 Å². The Balaban J connectivity index is 2.75. The maximum absolute atomic E-state index is 10.7. The number of carboxylic acids is 1. The number of aliphatic carboxylic acids is 1. The Hall–Kier alpha value is -1.84. The van der Waals surface area contributed by atoms with Crippen molar-refractivity contribution in [3.8, 4) is 0 Å². The lowest BCUT2D eigenvalue weighted by atomic mass is 10.3. The molecule has 0 amide bonds. The van der Waals surface area contributed by atoms with E-state index in [0.717, 1.165) is 11.8 Å². The average molecular weight is 179 g/mol. The molecule has 1 heterocycles. The number of nitrogens with zero attached hydrogens (tertiary/aromatic N) is 1. The quantitative estimate of drug-likeness (QED) is 0.548. The molecule has 13 heavy (non-hydrogen) atoms. The van der Waals surface area contributed by atoms with Gasteiger partial charge in [0.05, 0.1) is 0 Å². The minimum atomic E-state index is -1.44. The summed E-state index contributed by atoms with van der Waals surface area (Å²) in [6.45, 7) is 0. The summed E-state index contributed by atoms with van der Waals surface area (Å²) in [6.07, 6.45) is 4.32. The van der Waals surface area contributed by atoms with Crippen LogP contribution in [0.5, 0.6) is 0 Å². The zero-order valence-corrected chi connectivity index (χ0v) is 7.10. The van der Waals surface area contributed by atoms with Crippen molar-refractivity contribution in [1.82, 2.24) is 4.57 Å². The van der Waals surface area contributed by atoms with Gasteiger partial charge in [-0.2, -0.15) is 0 Å². The normalized spacial score (nSPS) is 10.5. The van der Waals surface area contributed by atoms with Gasteiger partial charge in [-0.3, -0.25) is 4.79 Å². The summed E-state index contributed by atoms with van der Waals surface area (Å²) in [5, 5.41) is 8.27. The first-order valence-electron chi connectivity index (χ1n) is 3.68. The van der Waals surface area contributed by atoms with E-state index in [1.807, 2.05) is 19.3 Å². The first-order chi connectivity index (χ1) is 6.11. The molecular formula is C9H9NO3. The Labute approximate surface area is 75.1 Å². The number of aromatic nitrogens is 1. The van der Waals surface area contributed by atoms with Gasteiger partial charge in [0.25, 0.3) is 5.78 Å². The summed E-state index contributed by atoms with van der Waals surface area (Å²) in [7, 11) is 1.81. The first-order valence-corrected chi connectivity index (χ1v) is 3.68. The summed E-state index contributed by atoms with van der Waals surface area (Å²) in [4.78, 5) is 20.8. The number of rotatable bonds is 3. The summed E-state index contributed by atoms with van der Waals surface area (Å²) < 4.78 is 1.78. The van der Waals surface area contributed by atoms with E-state index in [0.29, 0.717) is 0 Å². The summed E-state index contributed by atoms with van der Waals surface area (Å²) in [6, 6.07) is 3.59. The molecule has 4 nitrogen and oxygen atoms in total. The van der Waals surface area contributed by atoms with Crippen molar-refractivity contribution in [3.63, 3.8) is 0 Å². The van der Waals surface area contributed by atoms with E-state index in [4.69, 9.17) is 5.11 Å². The first kappa shape index (κ1) is 9.25. The highest BCUT2D eigenvalue weighted by Crippen LogP contribution is 2.01. The Morgan fingerprint density at radius 2 is 2.23 bits per heavy atom. The predicted molar refractivity (Wildman–Crippen MR) is 47.1 cm³/mol. The van der Waals surface area contributed by atoms with E-state index < -0.39 is 11.8 Å². The number of carbonyl (C=O) groups excluding carboxylic acids is 1. The third-order valence-corrected chi connectivity index (χ3v) is 1.60. The van der Waals surface area contributed by atoms with Crippen molar-refractivity contribution in [2.45, 2.75) is 0 Å². The smallest absolute Gasteiger partial charge is 0.376 e. The molecule has 0 bridgehead atoms. The monoisotopic (exact) mass is 179 g/mol. The van der Waals surface area contributed by atoms with E-state index in [2.05, 4.69) is 0 Å². The molecule has 0 radical (unpaired) electrons. The van der Waals surface area contributed by atoms with Crippen molar-refractivity contribution in [3.05, 3.63) is 30.1 Å². The van der Waals surface area contributed by atoms with Crippen LogP contribution in [-0.4, -0.2) is 21.4 Å². The van der Waals surface area contributed by atoms with Crippen LogP contribution in [0.15, 0.2) is 24.4 Å². The standard InChI is InChI=1S/C9H9NO3/c1-10-6-2-3-7(10)4-5-8(11)9(12)13/h2-6H,1H3,(H,12,13)/b5-4+. The second kappa shape index (κ2) is 3.71. The molecule has 0 unspecified atom stereocenters. The Bertz CT molecular complexity index is 363. The second-order valence-corrected chi connectivity index (χ2v) is 2.55. The summed E-state index contributed by atoms with van der Waals surface area (Å²) >= 11 is 0. The van der Waals surface area contributed by atoms with Crippen molar-refractivity contribution < 1.29 is 14.7 Å². The summed E-state index contributed by atoms with van der Waals surface area (Å²) in [5.74, 6) is -2.35. The van der Waals surface area contributed by atoms with Gasteiger partial charge < -0.3 is 9.67 Å². The zero-order valence-electron chi connectivity index (χ0n) is 7.10. The topological polar surface area (TPSA) is 59.3 Å². The van der Waals surface area contributed by atoms with Crippen molar-refractivity contribution in [1.29, 1.82) is 0 Å². The molecule has 0 atom stereocenters. The average Bonchev–Trinajstić information content (AvgIpc) is 2.47. The van der Waals surface area contributed by atoms with Gasteiger partial charge >= 0.3 is 5.97 Å². The van der Waals surface area contributed by atoms with E-state index in [-0.39, 0.29) is 0 Å². The van der Waals surface area contributed by atoms with Gasteiger partial charge in [0.1, 0.15) is 0 Å². The van der Waals surface area contributed by atoms with Crippen LogP contribution < -0.4 is 0 Å². The van der Waals surface area contributed by atoms with Crippen molar-refractivity contribution in [2.75, 3.05) is 0 Å². The number of hydrogen-bond donors (Lipinski definition) is 1. The van der Waals surface area contributed by atoms with Gasteiger partial charge in [-0.25, -0.2) is 4.79 Å². The Morgan fingerprint density at radius 3 is 2.69 bits per heavy atom. The van der Waals surface area contributed by atoms with Crippen LogP contribution in [0.2, 0.25) is 0 Å². The van der Waals surface area contributed by atoms with Gasteiger partial charge in [-0.1, -0.05) is 0 Å². The largest absolute Gasteiger partial charge is 0.475 e. The van der Waals surface area contributed by atoms with E-state index in [9.17, 15) is 9.59 Å². The molecule has 1 aromatic rings. The van der Waals surface area contributed by atoms with Crippen LogP contribution in [0.3, 0.4) is 0 Å². The molecule has 0 aliphatic heterocycles. The van der Waals surface area contributed by atoms with Crippen molar-refractivity contribution >= 4 is 17.8 Å². The van der Waals surface area contributed by atoms with Crippen LogP contribution in [0.1, 0.15) is 5.69 Å². The number of ketones is 1. The Kier molecular flexibility index (Phi) is 2.64. The minimum Gasteiger partial charge on any atom is -0.475 e. The second-order valence-electron chi connectivity index (χ2n) is 2.55. The van der Waals surface area contributed by atoms with Crippen LogP contribution in [-0.2, 0) is 16.6 Å². The molecule has 0 saturated carbocycles. The molecule has 0 aliphatic rings. The molecule has 1 aromatic heterocycles. The van der Waals surface area contributed by atoms with Crippen LogP contribution >= 0.6 is 0 Å². The predicted octanol–water partition coefficient (Wildman–Crippen LogP) is 0.692. The molecule has 0 aliphatic carbocycles. The van der Waals surface area contributed by atoms with Crippen LogP contribution in [0.25, 0.3) is 6.08 Å². The number of carboxylic acid groups (broad SMARTS) is 1. The molecule has 1 N–H and O–H groups in total. The molecule has 0 aromatic carbocycles. The fraction of sp³-hybridized carbons (Fsp3) is 0.111.